The van der Waals surface area contributed by atoms with Gasteiger partial charge in [0, 0.05) is 29.3 Å². The van der Waals surface area contributed by atoms with Crippen LogP contribution in [-0.4, -0.2) is 15.7 Å². The number of thiophene rings is 1. The average Bonchev–Trinajstić information content (AvgIpc) is 2.85. The Labute approximate surface area is 139 Å². The summed E-state index contributed by atoms with van der Waals surface area (Å²) in [4.78, 5) is 28.2. The van der Waals surface area contributed by atoms with E-state index in [1.54, 1.807) is 12.3 Å². The van der Waals surface area contributed by atoms with E-state index in [-0.39, 0.29) is 21.2 Å². The lowest BCUT2D eigenvalue weighted by Gasteiger charge is -2.03. The van der Waals surface area contributed by atoms with Crippen LogP contribution in [0.1, 0.15) is 20.8 Å². The van der Waals surface area contributed by atoms with E-state index in [0.717, 1.165) is 28.4 Å². The Kier molecular flexibility index (Phi) is 3.75. The summed E-state index contributed by atoms with van der Waals surface area (Å²) in [6, 6.07) is 5.55. The fourth-order valence-electron chi connectivity index (χ4n) is 2.30. The van der Waals surface area contributed by atoms with Gasteiger partial charge in [0.25, 0.3) is 5.69 Å². The number of non-ortho nitro benzene ring substituents is 1. The molecule has 0 fully saturated rings. The maximum Gasteiger partial charge on any atom is 0.270 e. The smallest absolute Gasteiger partial charge is 0.270 e. The molecule has 2 aromatic heterocycles. The second-order valence-electron chi connectivity index (χ2n) is 4.90. The van der Waals surface area contributed by atoms with Crippen molar-refractivity contribution in [2.24, 2.45) is 0 Å². The number of rotatable bonds is 3. The number of carbonyl (C=O) groups is 1. The van der Waals surface area contributed by atoms with E-state index in [1.807, 2.05) is 6.92 Å². The number of nitro groups is 1. The van der Waals surface area contributed by atoms with Crippen molar-refractivity contribution in [1.82, 2.24) is 4.98 Å². The summed E-state index contributed by atoms with van der Waals surface area (Å²) in [5, 5.41) is 11.8. The molecular weight excluding hydrogens is 338 g/mol. The quantitative estimate of drug-likeness (QED) is 0.439. The minimum absolute atomic E-state index is 0.0526. The Morgan fingerprint density at radius 3 is 2.78 bits per heavy atom. The average molecular weight is 348 g/mol. The molecule has 0 spiro atoms. The number of aromatic nitrogens is 1. The van der Waals surface area contributed by atoms with Gasteiger partial charge >= 0.3 is 0 Å². The van der Waals surface area contributed by atoms with Crippen LogP contribution in [0.15, 0.2) is 30.5 Å². The van der Waals surface area contributed by atoms with Crippen LogP contribution in [0.5, 0.6) is 0 Å². The zero-order valence-electron chi connectivity index (χ0n) is 11.9. The summed E-state index contributed by atoms with van der Waals surface area (Å²) in [7, 11) is 0. The SMILES string of the molecule is Cc1ccnc2sc(C(=O)c3cc([N+](=O)[O-])ccc3Cl)c(N)c12. The van der Waals surface area contributed by atoms with E-state index >= 15 is 0 Å². The Balaban J connectivity index is 2.18. The lowest BCUT2D eigenvalue weighted by atomic mass is 10.1. The minimum Gasteiger partial charge on any atom is -0.397 e. The molecule has 2 N–H and O–H groups in total. The third kappa shape index (κ3) is 2.54. The maximum absolute atomic E-state index is 12.7. The number of nitrogens with two attached hydrogens (primary N) is 1. The Morgan fingerprint density at radius 2 is 2.13 bits per heavy atom. The molecule has 0 saturated heterocycles. The zero-order chi connectivity index (χ0) is 16.7. The Morgan fingerprint density at radius 1 is 1.39 bits per heavy atom. The van der Waals surface area contributed by atoms with Gasteiger partial charge in [-0.3, -0.25) is 14.9 Å². The number of anilines is 1. The van der Waals surface area contributed by atoms with Crippen molar-refractivity contribution in [2.75, 3.05) is 5.73 Å². The van der Waals surface area contributed by atoms with Crippen molar-refractivity contribution in [3.05, 3.63) is 61.6 Å². The number of ketones is 1. The van der Waals surface area contributed by atoms with Gasteiger partial charge in [-0.2, -0.15) is 0 Å². The van der Waals surface area contributed by atoms with Crippen molar-refractivity contribution in [3.8, 4) is 0 Å². The van der Waals surface area contributed by atoms with Crippen molar-refractivity contribution in [2.45, 2.75) is 6.92 Å². The van der Waals surface area contributed by atoms with Gasteiger partial charge < -0.3 is 5.73 Å². The molecule has 0 bridgehead atoms. The first-order valence-corrected chi connectivity index (χ1v) is 7.72. The third-order valence-electron chi connectivity index (χ3n) is 3.45. The number of halogens is 1. The molecular formula is C15H10ClN3O3S. The predicted octanol–water partition coefficient (Wildman–Crippen LogP) is 3.98. The van der Waals surface area contributed by atoms with Crippen LogP contribution >= 0.6 is 22.9 Å². The first-order valence-electron chi connectivity index (χ1n) is 6.52. The predicted molar refractivity (Wildman–Crippen MR) is 90.3 cm³/mol. The summed E-state index contributed by atoms with van der Waals surface area (Å²) >= 11 is 7.18. The van der Waals surface area contributed by atoms with Crippen LogP contribution in [0.2, 0.25) is 5.02 Å². The van der Waals surface area contributed by atoms with E-state index in [4.69, 9.17) is 17.3 Å². The molecule has 0 aliphatic heterocycles. The monoisotopic (exact) mass is 347 g/mol. The molecule has 0 radical (unpaired) electrons. The Hall–Kier alpha value is -2.51. The minimum atomic E-state index is -0.576. The fourth-order valence-corrected chi connectivity index (χ4v) is 3.59. The zero-order valence-corrected chi connectivity index (χ0v) is 13.4. The van der Waals surface area contributed by atoms with Gasteiger partial charge in [0.1, 0.15) is 9.71 Å². The van der Waals surface area contributed by atoms with E-state index in [1.165, 1.54) is 12.1 Å². The van der Waals surface area contributed by atoms with Crippen LogP contribution in [0.3, 0.4) is 0 Å². The van der Waals surface area contributed by atoms with Gasteiger partial charge in [-0.25, -0.2) is 4.98 Å². The molecule has 2 heterocycles. The Bertz CT molecular complexity index is 968. The molecule has 0 amide bonds. The number of nitrogen functional groups attached to an aromatic ring is 1. The molecule has 0 aliphatic rings. The highest BCUT2D eigenvalue weighted by Crippen LogP contribution is 2.37. The van der Waals surface area contributed by atoms with Gasteiger partial charge in [-0.1, -0.05) is 11.6 Å². The molecule has 0 unspecified atom stereocenters. The topological polar surface area (TPSA) is 99.1 Å². The van der Waals surface area contributed by atoms with Crippen molar-refractivity contribution < 1.29 is 9.72 Å². The lowest BCUT2D eigenvalue weighted by Crippen LogP contribution is -2.04. The van der Waals surface area contributed by atoms with Gasteiger partial charge in [0.05, 0.1) is 15.6 Å². The van der Waals surface area contributed by atoms with Gasteiger partial charge in [0.15, 0.2) is 0 Å². The summed E-state index contributed by atoms with van der Waals surface area (Å²) in [6.45, 7) is 1.88. The second-order valence-corrected chi connectivity index (χ2v) is 6.31. The number of nitrogens with zero attached hydrogens (tertiary/aromatic N) is 2. The lowest BCUT2D eigenvalue weighted by molar-refractivity contribution is -0.384. The van der Waals surface area contributed by atoms with Gasteiger partial charge in [0.2, 0.25) is 5.78 Å². The molecule has 1 aromatic carbocycles. The van der Waals surface area contributed by atoms with Crippen LogP contribution in [0.25, 0.3) is 10.2 Å². The summed E-state index contributed by atoms with van der Waals surface area (Å²) in [6.07, 6.45) is 1.64. The van der Waals surface area contributed by atoms with Crippen LogP contribution in [-0.2, 0) is 0 Å². The normalized spacial score (nSPS) is 10.9. The van der Waals surface area contributed by atoms with Crippen molar-refractivity contribution in [1.29, 1.82) is 0 Å². The summed E-state index contributed by atoms with van der Waals surface area (Å²) in [5.74, 6) is -0.446. The van der Waals surface area contributed by atoms with Crippen LogP contribution in [0.4, 0.5) is 11.4 Å². The highest BCUT2D eigenvalue weighted by atomic mass is 35.5. The number of hydrogen-bond donors (Lipinski definition) is 1. The molecule has 8 heteroatoms. The fraction of sp³-hybridized carbons (Fsp3) is 0.0667. The molecule has 23 heavy (non-hydrogen) atoms. The molecule has 6 nitrogen and oxygen atoms in total. The number of pyridine rings is 1. The molecule has 0 saturated carbocycles. The highest BCUT2D eigenvalue weighted by Gasteiger charge is 2.23. The summed E-state index contributed by atoms with van der Waals surface area (Å²) in [5.41, 5.74) is 7.18. The van der Waals surface area contributed by atoms with Crippen molar-refractivity contribution in [3.63, 3.8) is 0 Å². The largest absolute Gasteiger partial charge is 0.397 e. The van der Waals surface area contributed by atoms with Crippen LogP contribution < -0.4 is 5.73 Å². The maximum atomic E-state index is 12.7. The van der Waals surface area contributed by atoms with E-state index in [9.17, 15) is 14.9 Å². The molecule has 3 aromatic rings. The van der Waals surface area contributed by atoms with Crippen LogP contribution in [0, 0.1) is 17.0 Å². The van der Waals surface area contributed by atoms with Gasteiger partial charge in [-0.15, -0.1) is 11.3 Å². The molecule has 0 atom stereocenters. The number of carbonyl (C=O) groups excluding carboxylic acids is 1. The molecule has 0 aliphatic carbocycles. The van der Waals surface area contributed by atoms with E-state index < -0.39 is 10.7 Å². The first kappa shape index (κ1) is 15.4. The standard InChI is InChI=1S/C15H10ClN3O3S/c1-7-4-5-18-15-11(7)12(17)14(23-15)13(20)9-6-8(19(21)22)2-3-10(9)16/h2-6H,17H2,1H3. The number of hydrogen-bond acceptors (Lipinski definition) is 6. The number of benzene rings is 1. The second kappa shape index (κ2) is 5.60. The van der Waals surface area contributed by atoms with E-state index in [0.29, 0.717) is 10.5 Å². The number of fused-ring (bicyclic) bond motifs is 1. The number of aryl methyl sites for hydroxylation is 1. The summed E-state index contributed by atoms with van der Waals surface area (Å²) < 4.78 is 0. The van der Waals surface area contributed by atoms with Crippen molar-refractivity contribution >= 4 is 50.3 Å². The van der Waals surface area contributed by atoms with Gasteiger partial charge in [-0.05, 0) is 24.6 Å². The van der Waals surface area contributed by atoms with E-state index in [2.05, 4.69) is 4.98 Å². The highest BCUT2D eigenvalue weighted by molar-refractivity contribution is 7.21. The molecule has 3 rings (SSSR count). The first-order chi connectivity index (χ1) is 10.9. The molecule has 116 valence electrons. The number of nitro benzene ring substituents is 1. The third-order valence-corrected chi connectivity index (χ3v) is 4.89.